The molecule has 0 bridgehead atoms. The third kappa shape index (κ3) is 5.82. The van der Waals surface area contributed by atoms with E-state index in [2.05, 4.69) is 10.2 Å². The molecule has 0 spiro atoms. The van der Waals surface area contributed by atoms with Crippen LogP contribution >= 0.6 is 11.6 Å². The van der Waals surface area contributed by atoms with Crippen LogP contribution in [0.2, 0.25) is 5.02 Å². The molecule has 2 aromatic carbocycles. The highest BCUT2D eigenvalue weighted by molar-refractivity contribution is 6.33. The smallest absolute Gasteiger partial charge is 0.255 e. The number of halogens is 2. The zero-order valence-electron chi connectivity index (χ0n) is 20.6. The third-order valence-electron chi connectivity index (χ3n) is 4.54. The Morgan fingerprint density at radius 1 is 1.48 bits per heavy atom. The van der Waals surface area contributed by atoms with Crippen molar-refractivity contribution in [3.63, 3.8) is 0 Å². The van der Waals surface area contributed by atoms with E-state index in [4.69, 9.17) is 33.7 Å². The van der Waals surface area contributed by atoms with Crippen LogP contribution in [0.4, 0.5) is 10.1 Å². The van der Waals surface area contributed by atoms with Crippen molar-refractivity contribution in [1.82, 2.24) is 10.2 Å². The Hall–Kier alpha value is -2.35. The average molecular weight is 427 g/mol. The van der Waals surface area contributed by atoms with E-state index in [1.807, 2.05) is 0 Å². The van der Waals surface area contributed by atoms with E-state index in [-0.39, 0.29) is 40.5 Å². The number of rotatable bonds is 7. The number of hydrogen-bond donors (Lipinski definition) is 2. The molecule has 3 N–H and O–H groups in total. The second kappa shape index (κ2) is 9.91. The number of morpholine rings is 1. The Labute approximate surface area is 181 Å². The van der Waals surface area contributed by atoms with E-state index in [0.29, 0.717) is 26.2 Å². The second-order valence-corrected chi connectivity index (χ2v) is 7.05. The molecule has 6 nitrogen and oxygen atoms in total. The Morgan fingerprint density at radius 2 is 2.28 bits per heavy atom. The number of anilines is 1. The molecule has 0 saturated carbocycles. The predicted molar refractivity (Wildman–Crippen MR) is 111 cm³/mol. The number of carbonyl (C=O) groups excluding carboxylic acids is 1. The number of amides is 1. The molecule has 0 aromatic heterocycles. The molecule has 1 atom stereocenters. The van der Waals surface area contributed by atoms with Gasteiger partial charge in [-0.2, -0.15) is 0 Å². The maximum absolute atomic E-state index is 13.1. The highest BCUT2D eigenvalue weighted by Gasteiger charge is 2.22. The van der Waals surface area contributed by atoms with Crippen molar-refractivity contribution in [2.24, 2.45) is 0 Å². The fourth-order valence-corrected chi connectivity index (χ4v) is 3.25. The number of hydrogen-bond acceptors (Lipinski definition) is 5. The summed E-state index contributed by atoms with van der Waals surface area (Å²) in [5, 5.41) is 2.72. The van der Waals surface area contributed by atoms with Crippen molar-refractivity contribution in [3.8, 4) is 5.75 Å². The molecule has 1 heterocycles. The van der Waals surface area contributed by atoms with Crippen LogP contribution < -0.4 is 15.8 Å². The third-order valence-corrected chi connectivity index (χ3v) is 4.86. The monoisotopic (exact) mass is 426 g/mol. The van der Waals surface area contributed by atoms with Gasteiger partial charge in [0.25, 0.3) is 5.91 Å². The van der Waals surface area contributed by atoms with Gasteiger partial charge in [0, 0.05) is 36.4 Å². The van der Waals surface area contributed by atoms with Crippen LogP contribution in [0.5, 0.6) is 5.75 Å². The normalized spacial score (nSPS) is 20.6. The Morgan fingerprint density at radius 3 is 3.03 bits per heavy atom. The summed E-state index contributed by atoms with van der Waals surface area (Å²) in [7, 11) is 0. The largest absolute Gasteiger partial charge is 0.493 e. The van der Waals surface area contributed by atoms with E-state index in [1.165, 1.54) is 18.2 Å². The van der Waals surface area contributed by atoms with Gasteiger partial charge in [-0.05, 0) is 30.6 Å². The van der Waals surface area contributed by atoms with Gasteiger partial charge in [-0.1, -0.05) is 23.7 Å². The number of ether oxygens (including phenoxy) is 2. The van der Waals surface area contributed by atoms with Gasteiger partial charge in [-0.15, -0.1) is 0 Å². The van der Waals surface area contributed by atoms with Crippen LogP contribution in [-0.2, 0) is 11.3 Å². The summed E-state index contributed by atoms with van der Waals surface area (Å²) >= 11 is 6.03. The quantitative estimate of drug-likeness (QED) is 0.665. The maximum atomic E-state index is 13.1. The van der Waals surface area contributed by atoms with Gasteiger partial charge in [0.2, 0.25) is 0 Å². The van der Waals surface area contributed by atoms with Gasteiger partial charge in [0.05, 0.1) is 38.3 Å². The summed E-state index contributed by atoms with van der Waals surface area (Å²) in [6, 6.07) is 8.54. The van der Waals surface area contributed by atoms with E-state index >= 15 is 0 Å². The molecule has 0 radical (unpaired) electrons. The molecule has 2 aromatic rings. The van der Waals surface area contributed by atoms with Crippen molar-refractivity contribution in [2.45, 2.75) is 19.5 Å². The SMILES string of the molecule is [2H]C([2H])([2H])C([2H])([2H])Oc1cc(N)c(Cl)cc1C(=O)NCC1CN(Cc2ccc(F)cc2)CCO1. The van der Waals surface area contributed by atoms with Gasteiger partial charge < -0.3 is 20.5 Å². The zero-order chi connectivity index (χ0) is 25.1. The maximum Gasteiger partial charge on any atom is 0.255 e. The predicted octanol–water partition coefficient (Wildman–Crippen LogP) is 3.09. The van der Waals surface area contributed by atoms with Crippen molar-refractivity contribution in [3.05, 3.63) is 58.4 Å². The molecule has 3 rings (SSSR count). The Kier molecular flexibility index (Phi) is 5.29. The van der Waals surface area contributed by atoms with Crippen LogP contribution in [0.1, 0.15) is 29.6 Å². The van der Waals surface area contributed by atoms with E-state index in [0.717, 1.165) is 11.6 Å². The molecule has 156 valence electrons. The number of benzene rings is 2. The lowest BCUT2D eigenvalue weighted by atomic mass is 10.1. The minimum Gasteiger partial charge on any atom is -0.493 e. The van der Waals surface area contributed by atoms with Crippen LogP contribution in [0.3, 0.4) is 0 Å². The summed E-state index contributed by atoms with van der Waals surface area (Å²) in [5.74, 6) is -1.30. The summed E-state index contributed by atoms with van der Waals surface area (Å²) in [6.07, 6.45) is -0.333. The molecule has 0 aliphatic carbocycles. The molecule has 1 saturated heterocycles. The highest BCUT2D eigenvalue weighted by Crippen LogP contribution is 2.29. The summed E-state index contributed by atoms with van der Waals surface area (Å²) in [5.41, 5.74) is 6.53. The number of nitrogens with two attached hydrogens (primary N) is 1. The summed E-state index contributed by atoms with van der Waals surface area (Å²) < 4.78 is 61.2. The lowest BCUT2D eigenvalue weighted by molar-refractivity contribution is -0.0292. The number of nitrogens with one attached hydrogen (secondary N) is 1. The van der Waals surface area contributed by atoms with Gasteiger partial charge in [0.15, 0.2) is 0 Å². The Bertz CT molecular complexity index is 1020. The van der Waals surface area contributed by atoms with Crippen molar-refractivity contribution in [2.75, 3.05) is 38.5 Å². The molecule has 1 amide bonds. The second-order valence-electron chi connectivity index (χ2n) is 6.64. The van der Waals surface area contributed by atoms with Gasteiger partial charge >= 0.3 is 0 Å². The zero-order valence-corrected chi connectivity index (χ0v) is 16.3. The van der Waals surface area contributed by atoms with Gasteiger partial charge in [0.1, 0.15) is 11.6 Å². The molecular formula is C21H25ClFN3O3. The topological polar surface area (TPSA) is 76.8 Å². The standard InChI is InChI=1S/C21H25ClFN3O3/c1-2-28-20-10-19(24)18(22)9-17(20)21(27)25-11-16-13-26(7-8-29-16)12-14-3-5-15(23)6-4-14/h3-6,9-10,16H,2,7-8,11-13,24H2,1H3,(H,25,27)/i1D3,2D2. The molecule has 1 unspecified atom stereocenters. The molecule has 1 fully saturated rings. The van der Waals surface area contributed by atoms with Crippen molar-refractivity contribution < 1.29 is 25.5 Å². The van der Waals surface area contributed by atoms with E-state index < -0.39 is 19.3 Å². The number of nitrogens with zero attached hydrogens (tertiary/aromatic N) is 1. The first-order valence-electron chi connectivity index (χ1n) is 11.5. The fraction of sp³-hybridized carbons (Fsp3) is 0.381. The Balaban J connectivity index is 1.66. The first kappa shape index (κ1) is 15.5. The van der Waals surface area contributed by atoms with E-state index in [1.54, 1.807) is 12.1 Å². The van der Waals surface area contributed by atoms with Gasteiger partial charge in [-0.25, -0.2) is 4.39 Å². The lowest BCUT2D eigenvalue weighted by Crippen LogP contribution is -2.47. The van der Waals surface area contributed by atoms with Crippen molar-refractivity contribution >= 4 is 23.2 Å². The first-order valence-corrected chi connectivity index (χ1v) is 9.38. The summed E-state index contributed by atoms with van der Waals surface area (Å²) in [4.78, 5) is 15.0. The molecule has 29 heavy (non-hydrogen) atoms. The summed E-state index contributed by atoms with van der Waals surface area (Å²) in [6.45, 7) is -3.78. The number of carbonyl (C=O) groups is 1. The van der Waals surface area contributed by atoms with Crippen molar-refractivity contribution in [1.29, 1.82) is 0 Å². The average Bonchev–Trinajstić information content (AvgIpc) is 2.75. The van der Waals surface area contributed by atoms with Gasteiger partial charge in [-0.3, -0.25) is 9.69 Å². The lowest BCUT2D eigenvalue weighted by Gasteiger charge is -2.33. The van der Waals surface area contributed by atoms with Crippen LogP contribution in [0.25, 0.3) is 0 Å². The highest BCUT2D eigenvalue weighted by atomic mass is 35.5. The van der Waals surface area contributed by atoms with Crippen LogP contribution in [0.15, 0.2) is 36.4 Å². The molecule has 1 aliphatic rings. The minimum absolute atomic E-state index is 0.00149. The molecule has 1 aliphatic heterocycles. The minimum atomic E-state index is -3.10. The number of nitrogen functional groups attached to an aromatic ring is 1. The molecular weight excluding hydrogens is 397 g/mol. The van der Waals surface area contributed by atoms with E-state index in [9.17, 15) is 9.18 Å². The van der Waals surface area contributed by atoms with Crippen LogP contribution in [-0.4, -0.2) is 49.7 Å². The molecule has 8 heteroatoms. The van der Waals surface area contributed by atoms with Crippen LogP contribution in [0, 0.1) is 5.82 Å². The fourth-order valence-electron chi connectivity index (χ4n) is 3.08. The first-order chi connectivity index (χ1) is 15.9.